The largest absolute Gasteiger partial charge is 0.305 e. The van der Waals surface area contributed by atoms with Gasteiger partial charge >= 0.3 is 0 Å². The van der Waals surface area contributed by atoms with Gasteiger partial charge in [-0.05, 0) is 48.3 Å². The summed E-state index contributed by atoms with van der Waals surface area (Å²) in [6, 6.07) is 4.68. The molecular formula is C14H21N3S. The zero-order valence-electron chi connectivity index (χ0n) is 11.3. The van der Waals surface area contributed by atoms with Crippen molar-refractivity contribution >= 4 is 11.3 Å². The maximum Gasteiger partial charge on any atom is 0.0756 e. The summed E-state index contributed by atoms with van der Waals surface area (Å²) in [7, 11) is 0. The van der Waals surface area contributed by atoms with Gasteiger partial charge in [0.25, 0.3) is 0 Å². The Morgan fingerprint density at radius 1 is 1.39 bits per heavy atom. The predicted octanol–water partition coefficient (Wildman–Crippen LogP) is 3.23. The summed E-state index contributed by atoms with van der Waals surface area (Å²) in [4.78, 5) is 0. The van der Waals surface area contributed by atoms with E-state index < -0.39 is 0 Å². The molecule has 0 radical (unpaired) electrons. The molecular weight excluding hydrogens is 242 g/mol. The minimum absolute atomic E-state index is 0.258. The Morgan fingerprint density at radius 2 is 2.22 bits per heavy atom. The molecule has 0 aliphatic rings. The minimum atomic E-state index is 0.258. The molecule has 0 aliphatic carbocycles. The van der Waals surface area contributed by atoms with E-state index in [0.29, 0.717) is 0 Å². The molecule has 2 rings (SSSR count). The van der Waals surface area contributed by atoms with E-state index in [9.17, 15) is 0 Å². The first-order valence-electron chi connectivity index (χ1n) is 6.62. The van der Waals surface area contributed by atoms with Gasteiger partial charge in [-0.15, -0.1) is 0 Å². The fourth-order valence-corrected chi connectivity index (χ4v) is 2.87. The van der Waals surface area contributed by atoms with Crippen LogP contribution in [-0.2, 0) is 13.0 Å². The Hall–Kier alpha value is -1.13. The SMILES string of the molecule is CCNC(c1ccsc1)c1cc(CC)nn1CC. The lowest BCUT2D eigenvalue weighted by Gasteiger charge is -2.18. The average Bonchev–Trinajstić information content (AvgIpc) is 3.04. The second-order valence-electron chi connectivity index (χ2n) is 4.28. The van der Waals surface area contributed by atoms with Crippen molar-refractivity contribution in [3.63, 3.8) is 0 Å². The first-order chi connectivity index (χ1) is 8.80. The van der Waals surface area contributed by atoms with Crippen molar-refractivity contribution in [1.82, 2.24) is 15.1 Å². The predicted molar refractivity (Wildman–Crippen MR) is 77.1 cm³/mol. The normalized spacial score (nSPS) is 12.8. The van der Waals surface area contributed by atoms with Crippen LogP contribution in [0.1, 0.15) is 43.8 Å². The summed E-state index contributed by atoms with van der Waals surface area (Å²) >= 11 is 1.74. The number of thiophene rings is 1. The fourth-order valence-electron chi connectivity index (χ4n) is 2.18. The third kappa shape index (κ3) is 2.65. The molecule has 98 valence electrons. The van der Waals surface area contributed by atoms with Crippen molar-refractivity contribution in [1.29, 1.82) is 0 Å². The Morgan fingerprint density at radius 3 is 2.78 bits per heavy atom. The summed E-state index contributed by atoms with van der Waals surface area (Å²) in [5.74, 6) is 0. The Kier molecular flexibility index (Phi) is 4.55. The summed E-state index contributed by atoms with van der Waals surface area (Å²) in [5.41, 5.74) is 3.78. The molecule has 3 nitrogen and oxygen atoms in total. The standard InChI is InChI=1S/C14H21N3S/c1-4-12-9-13(17(6-3)16-12)14(15-5-2)11-7-8-18-10-11/h7-10,14-15H,4-6H2,1-3H3. The van der Waals surface area contributed by atoms with Crippen LogP contribution in [0.2, 0.25) is 0 Å². The topological polar surface area (TPSA) is 29.9 Å². The van der Waals surface area contributed by atoms with Crippen LogP contribution in [0.15, 0.2) is 22.9 Å². The van der Waals surface area contributed by atoms with Crippen molar-refractivity contribution in [2.24, 2.45) is 0 Å². The monoisotopic (exact) mass is 263 g/mol. The van der Waals surface area contributed by atoms with Gasteiger partial charge in [-0.25, -0.2) is 0 Å². The average molecular weight is 263 g/mol. The van der Waals surface area contributed by atoms with E-state index in [1.165, 1.54) is 17.0 Å². The molecule has 0 aliphatic heterocycles. The first-order valence-corrected chi connectivity index (χ1v) is 7.56. The van der Waals surface area contributed by atoms with Crippen molar-refractivity contribution in [2.45, 2.75) is 39.8 Å². The molecule has 0 spiro atoms. The van der Waals surface area contributed by atoms with Crippen molar-refractivity contribution < 1.29 is 0 Å². The van der Waals surface area contributed by atoms with E-state index in [1.807, 2.05) is 0 Å². The highest BCUT2D eigenvalue weighted by Crippen LogP contribution is 2.25. The first kappa shape index (κ1) is 13.3. The van der Waals surface area contributed by atoms with E-state index in [2.05, 4.69) is 58.8 Å². The lowest BCUT2D eigenvalue weighted by atomic mass is 10.1. The van der Waals surface area contributed by atoms with Crippen LogP contribution >= 0.6 is 11.3 Å². The molecule has 0 aromatic carbocycles. The molecule has 4 heteroatoms. The number of nitrogens with zero attached hydrogens (tertiary/aromatic N) is 2. The third-order valence-electron chi connectivity index (χ3n) is 3.10. The van der Waals surface area contributed by atoms with Crippen molar-refractivity contribution in [2.75, 3.05) is 6.54 Å². The number of aromatic nitrogens is 2. The van der Waals surface area contributed by atoms with E-state index in [0.717, 1.165) is 19.5 Å². The second kappa shape index (κ2) is 6.16. The van der Waals surface area contributed by atoms with Crippen LogP contribution in [0, 0.1) is 0 Å². The number of aryl methyl sites for hydroxylation is 2. The molecule has 2 heterocycles. The van der Waals surface area contributed by atoms with Crippen LogP contribution in [0.25, 0.3) is 0 Å². The molecule has 0 saturated carbocycles. The van der Waals surface area contributed by atoms with E-state index in [1.54, 1.807) is 11.3 Å². The van der Waals surface area contributed by atoms with Crippen LogP contribution in [0.3, 0.4) is 0 Å². The molecule has 2 aromatic rings. The van der Waals surface area contributed by atoms with E-state index >= 15 is 0 Å². The Labute approximate surface area is 113 Å². The molecule has 0 bridgehead atoms. The van der Waals surface area contributed by atoms with Crippen LogP contribution < -0.4 is 5.32 Å². The zero-order chi connectivity index (χ0) is 13.0. The summed E-state index contributed by atoms with van der Waals surface area (Å²) in [6.45, 7) is 8.32. The second-order valence-corrected chi connectivity index (χ2v) is 5.06. The lowest BCUT2D eigenvalue weighted by Crippen LogP contribution is -2.24. The summed E-state index contributed by atoms with van der Waals surface area (Å²) in [6.07, 6.45) is 0.989. The lowest BCUT2D eigenvalue weighted by molar-refractivity contribution is 0.541. The third-order valence-corrected chi connectivity index (χ3v) is 3.81. The van der Waals surface area contributed by atoms with Crippen LogP contribution in [-0.4, -0.2) is 16.3 Å². The molecule has 0 fully saturated rings. The van der Waals surface area contributed by atoms with Crippen LogP contribution in [0.4, 0.5) is 0 Å². The molecule has 2 aromatic heterocycles. The van der Waals surface area contributed by atoms with Gasteiger partial charge in [-0.1, -0.05) is 13.8 Å². The van der Waals surface area contributed by atoms with Gasteiger partial charge in [0.1, 0.15) is 0 Å². The highest BCUT2D eigenvalue weighted by atomic mass is 32.1. The Balaban J connectivity index is 2.38. The number of rotatable bonds is 6. The van der Waals surface area contributed by atoms with Gasteiger partial charge in [-0.2, -0.15) is 16.4 Å². The van der Waals surface area contributed by atoms with E-state index in [4.69, 9.17) is 0 Å². The maximum absolute atomic E-state index is 4.64. The molecule has 1 unspecified atom stereocenters. The molecule has 1 atom stereocenters. The van der Waals surface area contributed by atoms with Gasteiger partial charge in [-0.3, -0.25) is 4.68 Å². The van der Waals surface area contributed by atoms with Crippen molar-refractivity contribution in [3.05, 3.63) is 39.8 Å². The molecule has 0 amide bonds. The minimum Gasteiger partial charge on any atom is -0.305 e. The number of nitrogens with one attached hydrogen (secondary N) is 1. The Bertz CT molecular complexity index is 473. The highest BCUT2D eigenvalue weighted by Gasteiger charge is 2.18. The van der Waals surface area contributed by atoms with Crippen molar-refractivity contribution in [3.8, 4) is 0 Å². The molecule has 0 saturated heterocycles. The van der Waals surface area contributed by atoms with Gasteiger partial charge < -0.3 is 5.32 Å². The summed E-state index contributed by atoms with van der Waals surface area (Å²) < 4.78 is 2.11. The fraction of sp³-hybridized carbons (Fsp3) is 0.500. The van der Waals surface area contributed by atoms with Gasteiger partial charge in [0.15, 0.2) is 0 Å². The molecule has 1 N–H and O–H groups in total. The summed E-state index contributed by atoms with van der Waals surface area (Å²) in [5, 5.41) is 12.5. The smallest absolute Gasteiger partial charge is 0.0756 e. The van der Waals surface area contributed by atoms with E-state index in [-0.39, 0.29) is 6.04 Å². The number of hydrogen-bond acceptors (Lipinski definition) is 3. The van der Waals surface area contributed by atoms with Gasteiger partial charge in [0.05, 0.1) is 17.4 Å². The highest BCUT2D eigenvalue weighted by molar-refractivity contribution is 7.08. The quantitative estimate of drug-likeness (QED) is 0.867. The zero-order valence-corrected chi connectivity index (χ0v) is 12.1. The van der Waals surface area contributed by atoms with Gasteiger partial charge in [0, 0.05) is 6.54 Å². The van der Waals surface area contributed by atoms with Gasteiger partial charge in [0.2, 0.25) is 0 Å². The maximum atomic E-state index is 4.64. The number of hydrogen-bond donors (Lipinski definition) is 1. The van der Waals surface area contributed by atoms with Crippen LogP contribution in [0.5, 0.6) is 0 Å². The molecule has 18 heavy (non-hydrogen) atoms.